The first-order valence-electron chi connectivity index (χ1n) is 4.52. The van der Waals surface area contributed by atoms with Crippen LogP contribution in [0.1, 0.15) is 26.7 Å². The lowest BCUT2D eigenvalue weighted by molar-refractivity contribution is 0.0728. The maximum atomic E-state index is 5.53. The van der Waals surface area contributed by atoms with Gasteiger partial charge in [0.2, 0.25) is 0 Å². The summed E-state index contributed by atoms with van der Waals surface area (Å²) in [6, 6.07) is 0.638. The van der Waals surface area contributed by atoms with Crippen molar-refractivity contribution in [2.45, 2.75) is 38.8 Å². The molecule has 1 heterocycles. The van der Waals surface area contributed by atoms with Crippen LogP contribution in [0.25, 0.3) is 0 Å². The summed E-state index contributed by atoms with van der Waals surface area (Å²) in [5.74, 6) is 0. The fourth-order valence-electron chi connectivity index (χ4n) is 1.32. The van der Waals surface area contributed by atoms with Crippen molar-refractivity contribution >= 4 is 0 Å². The Morgan fingerprint density at radius 2 is 2.27 bits per heavy atom. The molecule has 0 aromatic carbocycles. The van der Waals surface area contributed by atoms with Crippen molar-refractivity contribution in [1.82, 2.24) is 4.90 Å². The Morgan fingerprint density at radius 1 is 1.55 bits per heavy atom. The molecule has 1 aliphatic rings. The van der Waals surface area contributed by atoms with Crippen LogP contribution in [0.15, 0.2) is 0 Å². The van der Waals surface area contributed by atoms with Gasteiger partial charge in [0.1, 0.15) is 0 Å². The molecule has 1 saturated heterocycles. The number of hydrogen-bond donors (Lipinski definition) is 0. The van der Waals surface area contributed by atoms with Gasteiger partial charge >= 0.3 is 0 Å². The smallest absolute Gasteiger partial charge is 0.0702 e. The lowest BCUT2D eigenvalue weighted by atomic mass is 10.2. The highest BCUT2D eigenvalue weighted by molar-refractivity contribution is 4.69. The summed E-state index contributed by atoms with van der Waals surface area (Å²) in [5, 5.41) is 0. The molecule has 2 nitrogen and oxygen atoms in total. The van der Waals surface area contributed by atoms with Gasteiger partial charge < -0.3 is 9.64 Å². The van der Waals surface area contributed by atoms with Gasteiger partial charge in [0.15, 0.2) is 0 Å². The van der Waals surface area contributed by atoms with Crippen molar-refractivity contribution < 1.29 is 4.74 Å². The molecule has 1 fully saturated rings. The Bertz CT molecular complexity index is 108. The second kappa shape index (κ2) is 4.07. The van der Waals surface area contributed by atoms with E-state index >= 15 is 0 Å². The van der Waals surface area contributed by atoms with Crippen molar-refractivity contribution in [2.24, 2.45) is 0 Å². The van der Waals surface area contributed by atoms with Crippen LogP contribution in [0.5, 0.6) is 0 Å². The predicted molar refractivity (Wildman–Crippen MR) is 46.7 cm³/mol. The molecular formula is C9H19NO. The molecule has 0 aliphatic carbocycles. The summed E-state index contributed by atoms with van der Waals surface area (Å²) in [6.45, 7) is 6.50. The van der Waals surface area contributed by atoms with Gasteiger partial charge in [-0.25, -0.2) is 0 Å². The molecular weight excluding hydrogens is 138 g/mol. The largest absolute Gasteiger partial charge is 0.377 e. The number of ether oxygens (including phenoxy) is 1. The third-order valence-corrected chi connectivity index (χ3v) is 2.40. The molecule has 1 atom stereocenters. The van der Waals surface area contributed by atoms with E-state index < -0.39 is 0 Å². The molecule has 2 heteroatoms. The molecule has 0 aromatic heterocycles. The summed E-state index contributed by atoms with van der Waals surface area (Å²) in [7, 11) is 2.16. The van der Waals surface area contributed by atoms with E-state index in [2.05, 4.69) is 25.8 Å². The summed E-state index contributed by atoms with van der Waals surface area (Å²) in [6.07, 6.45) is 3.00. The standard InChI is InChI=1S/C9H19NO/c1-8(2)10(3)7-9-5-4-6-11-9/h8-9H,4-7H2,1-3H3/t9-/m0/s1. The van der Waals surface area contributed by atoms with E-state index in [-0.39, 0.29) is 0 Å². The van der Waals surface area contributed by atoms with Gasteiger partial charge in [-0.3, -0.25) is 0 Å². The monoisotopic (exact) mass is 157 g/mol. The zero-order chi connectivity index (χ0) is 8.27. The third kappa shape index (κ3) is 2.80. The van der Waals surface area contributed by atoms with E-state index in [1.54, 1.807) is 0 Å². The van der Waals surface area contributed by atoms with Gasteiger partial charge in [-0.2, -0.15) is 0 Å². The number of nitrogens with zero attached hydrogens (tertiary/aromatic N) is 1. The molecule has 0 saturated carbocycles. The predicted octanol–water partition coefficient (Wildman–Crippen LogP) is 1.51. The average Bonchev–Trinajstić information content (AvgIpc) is 2.39. The van der Waals surface area contributed by atoms with Crippen LogP contribution in [0.3, 0.4) is 0 Å². The summed E-state index contributed by atoms with van der Waals surface area (Å²) < 4.78 is 5.53. The van der Waals surface area contributed by atoms with Crippen LogP contribution in [0.4, 0.5) is 0 Å². The van der Waals surface area contributed by atoms with Crippen LogP contribution < -0.4 is 0 Å². The average molecular weight is 157 g/mol. The maximum absolute atomic E-state index is 5.53. The van der Waals surface area contributed by atoms with Gasteiger partial charge in [-0.15, -0.1) is 0 Å². The van der Waals surface area contributed by atoms with Crippen LogP contribution in [0.2, 0.25) is 0 Å². The Kier molecular flexibility index (Phi) is 3.34. The minimum Gasteiger partial charge on any atom is -0.377 e. The minimum atomic E-state index is 0.502. The normalized spacial score (nSPS) is 25.4. The van der Waals surface area contributed by atoms with E-state index in [1.807, 2.05) is 0 Å². The Morgan fingerprint density at radius 3 is 2.73 bits per heavy atom. The molecule has 1 aliphatic heterocycles. The molecule has 0 spiro atoms. The Balaban J connectivity index is 2.18. The summed E-state index contributed by atoms with van der Waals surface area (Å²) in [5.41, 5.74) is 0. The molecule has 0 unspecified atom stereocenters. The zero-order valence-electron chi connectivity index (χ0n) is 7.84. The van der Waals surface area contributed by atoms with E-state index in [0.717, 1.165) is 13.2 Å². The maximum Gasteiger partial charge on any atom is 0.0702 e. The topological polar surface area (TPSA) is 12.5 Å². The van der Waals surface area contributed by atoms with E-state index in [0.29, 0.717) is 12.1 Å². The van der Waals surface area contributed by atoms with Gasteiger partial charge in [0.05, 0.1) is 6.10 Å². The van der Waals surface area contributed by atoms with Gasteiger partial charge in [0.25, 0.3) is 0 Å². The molecule has 0 amide bonds. The summed E-state index contributed by atoms with van der Waals surface area (Å²) >= 11 is 0. The molecule has 11 heavy (non-hydrogen) atoms. The van der Waals surface area contributed by atoms with Crippen molar-refractivity contribution in [2.75, 3.05) is 20.2 Å². The van der Waals surface area contributed by atoms with Crippen LogP contribution in [-0.2, 0) is 4.74 Å². The van der Waals surface area contributed by atoms with Crippen molar-refractivity contribution in [3.05, 3.63) is 0 Å². The highest BCUT2D eigenvalue weighted by Crippen LogP contribution is 2.13. The van der Waals surface area contributed by atoms with Crippen molar-refractivity contribution in [3.63, 3.8) is 0 Å². The second-order valence-electron chi connectivity index (χ2n) is 3.67. The van der Waals surface area contributed by atoms with E-state index in [4.69, 9.17) is 4.74 Å². The van der Waals surface area contributed by atoms with Gasteiger partial charge in [-0.05, 0) is 33.7 Å². The molecule has 0 N–H and O–H groups in total. The highest BCUT2D eigenvalue weighted by Gasteiger charge is 2.17. The van der Waals surface area contributed by atoms with Gasteiger partial charge in [-0.1, -0.05) is 0 Å². The van der Waals surface area contributed by atoms with Crippen LogP contribution in [-0.4, -0.2) is 37.2 Å². The zero-order valence-corrected chi connectivity index (χ0v) is 7.84. The lowest BCUT2D eigenvalue weighted by Crippen LogP contribution is -2.33. The lowest BCUT2D eigenvalue weighted by Gasteiger charge is -2.23. The molecule has 0 aromatic rings. The first kappa shape index (κ1) is 9.01. The Hall–Kier alpha value is -0.0800. The number of likely N-dealkylation sites (N-methyl/N-ethyl adjacent to an activating group) is 1. The Labute approximate surface area is 69.5 Å². The van der Waals surface area contributed by atoms with Crippen LogP contribution in [0, 0.1) is 0 Å². The first-order chi connectivity index (χ1) is 5.20. The summed E-state index contributed by atoms with van der Waals surface area (Å²) in [4.78, 5) is 2.34. The fraction of sp³-hybridized carbons (Fsp3) is 1.00. The molecule has 66 valence electrons. The first-order valence-corrected chi connectivity index (χ1v) is 4.52. The molecule has 0 radical (unpaired) electrons. The number of hydrogen-bond acceptors (Lipinski definition) is 2. The quantitative estimate of drug-likeness (QED) is 0.615. The third-order valence-electron chi connectivity index (χ3n) is 2.40. The molecule has 0 bridgehead atoms. The van der Waals surface area contributed by atoms with Crippen molar-refractivity contribution in [3.8, 4) is 0 Å². The molecule has 1 rings (SSSR count). The van der Waals surface area contributed by atoms with E-state index in [9.17, 15) is 0 Å². The van der Waals surface area contributed by atoms with Crippen LogP contribution >= 0.6 is 0 Å². The highest BCUT2D eigenvalue weighted by atomic mass is 16.5. The van der Waals surface area contributed by atoms with Gasteiger partial charge in [0, 0.05) is 19.2 Å². The second-order valence-corrected chi connectivity index (χ2v) is 3.67. The number of rotatable bonds is 3. The van der Waals surface area contributed by atoms with Crippen molar-refractivity contribution in [1.29, 1.82) is 0 Å². The minimum absolute atomic E-state index is 0.502. The fourth-order valence-corrected chi connectivity index (χ4v) is 1.32. The SMILES string of the molecule is CC(C)N(C)C[C@@H]1CCCO1. The van der Waals surface area contributed by atoms with E-state index in [1.165, 1.54) is 12.8 Å².